The molecule has 0 bridgehead atoms. The van der Waals surface area contributed by atoms with Gasteiger partial charge in [-0.1, -0.05) is 12.1 Å². The van der Waals surface area contributed by atoms with Crippen molar-refractivity contribution in [1.29, 1.82) is 0 Å². The molecule has 0 saturated heterocycles. The van der Waals surface area contributed by atoms with Crippen LogP contribution in [0.1, 0.15) is 36.5 Å². The smallest absolute Gasteiger partial charge is 0.224 e. The normalized spacial score (nSPS) is 18.3. The number of aliphatic hydroxyl groups is 1. The molecule has 5 nitrogen and oxygen atoms in total. The molecule has 0 aromatic heterocycles. The fraction of sp³-hybridized carbons (Fsp3) is 0.409. The summed E-state index contributed by atoms with van der Waals surface area (Å²) in [5.74, 6) is 0.513. The number of benzene rings is 2. The van der Waals surface area contributed by atoms with Gasteiger partial charge in [0, 0.05) is 37.8 Å². The van der Waals surface area contributed by atoms with Gasteiger partial charge in [-0.3, -0.25) is 4.79 Å². The third-order valence-corrected chi connectivity index (χ3v) is 5.50. The highest BCUT2D eigenvalue weighted by atomic mass is 19.1. The molecule has 1 aliphatic heterocycles. The van der Waals surface area contributed by atoms with Gasteiger partial charge < -0.3 is 19.6 Å². The van der Waals surface area contributed by atoms with Gasteiger partial charge >= 0.3 is 0 Å². The molecular formula is C22H25FN2O3. The highest BCUT2D eigenvalue weighted by molar-refractivity contribution is 5.79. The maximum absolute atomic E-state index is 13.5. The first kappa shape index (κ1) is 18.7. The van der Waals surface area contributed by atoms with E-state index in [-0.39, 0.29) is 11.7 Å². The van der Waals surface area contributed by atoms with Crippen LogP contribution in [-0.2, 0) is 11.3 Å². The minimum atomic E-state index is -0.847. The van der Waals surface area contributed by atoms with E-state index in [1.807, 2.05) is 28.0 Å². The van der Waals surface area contributed by atoms with Gasteiger partial charge in [0.05, 0.1) is 13.2 Å². The Bertz CT molecular complexity index is 869. The highest BCUT2D eigenvalue weighted by Gasteiger charge is 2.34. The Morgan fingerprint density at radius 1 is 1.25 bits per heavy atom. The van der Waals surface area contributed by atoms with Gasteiger partial charge in [0.2, 0.25) is 5.91 Å². The summed E-state index contributed by atoms with van der Waals surface area (Å²) < 4.78 is 18.9. The molecule has 148 valence electrons. The number of rotatable bonds is 5. The van der Waals surface area contributed by atoms with E-state index in [1.54, 1.807) is 19.2 Å². The molecule has 6 heteroatoms. The van der Waals surface area contributed by atoms with Crippen molar-refractivity contribution in [2.45, 2.75) is 38.0 Å². The predicted octanol–water partition coefficient (Wildman–Crippen LogP) is 3.27. The van der Waals surface area contributed by atoms with E-state index in [9.17, 15) is 14.3 Å². The maximum atomic E-state index is 13.5. The number of β-amino-alcohol motifs (C(OH)–C–C–N with tert-alkyl or cyclic N) is 1. The Morgan fingerprint density at radius 3 is 2.79 bits per heavy atom. The largest absolute Gasteiger partial charge is 0.497 e. The number of ether oxygens (including phenoxy) is 1. The van der Waals surface area contributed by atoms with Gasteiger partial charge in [0.25, 0.3) is 0 Å². The van der Waals surface area contributed by atoms with Gasteiger partial charge in [0.15, 0.2) is 0 Å². The van der Waals surface area contributed by atoms with E-state index >= 15 is 0 Å². The van der Waals surface area contributed by atoms with Crippen LogP contribution in [0.5, 0.6) is 5.75 Å². The minimum Gasteiger partial charge on any atom is -0.497 e. The van der Waals surface area contributed by atoms with Crippen molar-refractivity contribution in [3.8, 4) is 5.75 Å². The molecule has 1 atom stereocenters. The third-order valence-electron chi connectivity index (χ3n) is 5.50. The lowest BCUT2D eigenvalue weighted by Crippen LogP contribution is -2.40. The number of nitrogens with zero attached hydrogens (tertiary/aromatic N) is 2. The van der Waals surface area contributed by atoms with Crippen molar-refractivity contribution in [3.63, 3.8) is 0 Å². The molecule has 1 fully saturated rings. The maximum Gasteiger partial charge on any atom is 0.224 e. The molecule has 1 heterocycles. The molecule has 2 aromatic carbocycles. The number of halogens is 1. The molecule has 4 rings (SSSR count). The van der Waals surface area contributed by atoms with Gasteiger partial charge in [-0.15, -0.1) is 0 Å². The van der Waals surface area contributed by atoms with Crippen molar-refractivity contribution in [3.05, 3.63) is 59.4 Å². The van der Waals surface area contributed by atoms with Gasteiger partial charge in [0.1, 0.15) is 11.6 Å². The molecular weight excluding hydrogens is 359 g/mol. The van der Waals surface area contributed by atoms with Crippen molar-refractivity contribution in [2.24, 2.45) is 0 Å². The number of hydrogen-bond acceptors (Lipinski definition) is 4. The highest BCUT2D eigenvalue weighted by Crippen LogP contribution is 2.35. The second kappa shape index (κ2) is 7.80. The lowest BCUT2D eigenvalue weighted by atomic mass is 10.0. The van der Waals surface area contributed by atoms with Gasteiger partial charge in [-0.2, -0.15) is 0 Å². The average molecular weight is 384 g/mol. The SMILES string of the molecule is COc1ccc2c(c1)CN(C1CC1)C(=O)CCN2CC(O)c1cccc(F)c1. The van der Waals surface area contributed by atoms with E-state index in [0.717, 1.165) is 29.8 Å². The zero-order chi connectivity index (χ0) is 19.7. The first-order valence-corrected chi connectivity index (χ1v) is 9.70. The molecule has 1 aliphatic carbocycles. The topological polar surface area (TPSA) is 53.0 Å². The summed E-state index contributed by atoms with van der Waals surface area (Å²) in [4.78, 5) is 16.7. The molecule has 1 saturated carbocycles. The van der Waals surface area contributed by atoms with E-state index in [2.05, 4.69) is 0 Å². The second-order valence-corrected chi connectivity index (χ2v) is 7.51. The van der Waals surface area contributed by atoms with E-state index < -0.39 is 6.10 Å². The molecule has 2 aromatic rings. The number of carbonyl (C=O) groups is 1. The summed E-state index contributed by atoms with van der Waals surface area (Å²) in [7, 11) is 1.62. The van der Waals surface area contributed by atoms with Gasteiger partial charge in [-0.05, 0) is 54.3 Å². The predicted molar refractivity (Wildman–Crippen MR) is 105 cm³/mol. The Labute approximate surface area is 164 Å². The van der Waals surface area contributed by atoms with Crippen LogP contribution < -0.4 is 9.64 Å². The molecule has 0 radical (unpaired) electrons. The van der Waals surface area contributed by atoms with Crippen molar-refractivity contribution >= 4 is 11.6 Å². The zero-order valence-corrected chi connectivity index (χ0v) is 16.0. The lowest BCUT2D eigenvalue weighted by Gasteiger charge is -2.34. The van der Waals surface area contributed by atoms with E-state index in [0.29, 0.717) is 37.7 Å². The first-order valence-electron chi connectivity index (χ1n) is 9.70. The number of amides is 1. The van der Waals surface area contributed by atoms with Crippen LogP contribution in [0.25, 0.3) is 0 Å². The number of hydrogen-bond donors (Lipinski definition) is 1. The average Bonchev–Trinajstić information content (AvgIpc) is 3.52. The standard InChI is InChI=1S/C22H25FN2O3/c1-28-19-7-8-20-16(12-19)13-25(18-5-6-18)22(27)9-10-24(20)14-21(26)15-3-2-4-17(23)11-15/h2-4,7-8,11-12,18,21,26H,5-6,9-10,13-14H2,1H3. The van der Waals surface area contributed by atoms with Crippen LogP contribution in [0, 0.1) is 5.82 Å². The Kier molecular flexibility index (Phi) is 5.22. The van der Waals surface area contributed by atoms with E-state index in [4.69, 9.17) is 4.74 Å². The van der Waals surface area contributed by atoms with Crippen molar-refractivity contribution in [2.75, 3.05) is 25.1 Å². The van der Waals surface area contributed by atoms with Crippen molar-refractivity contribution < 1.29 is 19.0 Å². The van der Waals surface area contributed by atoms with E-state index in [1.165, 1.54) is 12.1 Å². The summed E-state index contributed by atoms with van der Waals surface area (Å²) in [6, 6.07) is 12.2. The van der Waals surface area contributed by atoms with Crippen LogP contribution in [0.3, 0.4) is 0 Å². The van der Waals surface area contributed by atoms with Crippen LogP contribution in [-0.4, -0.2) is 42.2 Å². The summed E-state index contributed by atoms with van der Waals surface area (Å²) in [6.45, 7) is 1.34. The number of carbonyl (C=O) groups excluding carboxylic acids is 1. The number of aliphatic hydroxyl groups excluding tert-OH is 1. The summed E-state index contributed by atoms with van der Waals surface area (Å²) in [5, 5.41) is 10.7. The molecule has 28 heavy (non-hydrogen) atoms. The summed E-state index contributed by atoms with van der Waals surface area (Å²) in [5.41, 5.74) is 2.52. The molecule has 2 aliphatic rings. The molecule has 1 unspecified atom stereocenters. The molecule has 0 spiro atoms. The number of fused-ring (bicyclic) bond motifs is 1. The second-order valence-electron chi connectivity index (χ2n) is 7.51. The zero-order valence-electron chi connectivity index (χ0n) is 16.0. The fourth-order valence-electron chi connectivity index (χ4n) is 3.83. The van der Waals surface area contributed by atoms with Crippen LogP contribution >= 0.6 is 0 Å². The fourth-order valence-corrected chi connectivity index (χ4v) is 3.83. The van der Waals surface area contributed by atoms with Crippen LogP contribution in [0.4, 0.5) is 10.1 Å². The Balaban J connectivity index is 1.63. The monoisotopic (exact) mass is 384 g/mol. The quantitative estimate of drug-likeness (QED) is 0.860. The van der Waals surface area contributed by atoms with Gasteiger partial charge in [-0.25, -0.2) is 4.39 Å². The lowest BCUT2D eigenvalue weighted by molar-refractivity contribution is -0.132. The van der Waals surface area contributed by atoms with Crippen LogP contribution in [0.2, 0.25) is 0 Å². The first-order chi connectivity index (χ1) is 13.5. The minimum absolute atomic E-state index is 0.140. The summed E-state index contributed by atoms with van der Waals surface area (Å²) in [6.07, 6.45) is 1.68. The Hall–Kier alpha value is -2.60. The summed E-state index contributed by atoms with van der Waals surface area (Å²) >= 11 is 0. The van der Waals surface area contributed by atoms with Crippen molar-refractivity contribution in [1.82, 2.24) is 4.90 Å². The van der Waals surface area contributed by atoms with Crippen LogP contribution in [0.15, 0.2) is 42.5 Å². The number of methoxy groups -OCH3 is 1. The third kappa shape index (κ3) is 3.97. The molecule has 1 amide bonds. The Morgan fingerprint density at radius 2 is 2.07 bits per heavy atom. The number of anilines is 1. The molecule has 1 N–H and O–H groups in total.